The molecule has 0 radical (unpaired) electrons. The molecule has 9 heteroatoms. The van der Waals surface area contributed by atoms with Gasteiger partial charge in [0.05, 0.1) is 11.9 Å². The molecule has 2 fully saturated rings. The number of aromatic nitrogens is 3. The third-order valence-corrected chi connectivity index (χ3v) is 7.79. The number of nitrogens with zero attached hydrogens (tertiary/aromatic N) is 5. The zero-order valence-corrected chi connectivity index (χ0v) is 22.4. The van der Waals surface area contributed by atoms with E-state index >= 15 is 0 Å². The summed E-state index contributed by atoms with van der Waals surface area (Å²) in [5.41, 5.74) is 3.54. The first-order valence-electron chi connectivity index (χ1n) is 13.2. The van der Waals surface area contributed by atoms with Gasteiger partial charge >= 0.3 is 6.18 Å². The first-order valence-corrected chi connectivity index (χ1v) is 13.6. The van der Waals surface area contributed by atoms with Crippen LogP contribution in [-0.4, -0.2) is 52.4 Å². The molecule has 2 aromatic heterocycles. The minimum Gasteiger partial charge on any atom is -0.369 e. The average Bonchev–Trinajstić information content (AvgIpc) is 3.65. The molecule has 1 saturated heterocycles. The van der Waals surface area contributed by atoms with Crippen molar-refractivity contribution in [3.8, 4) is 28.2 Å². The zero-order valence-electron chi connectivity index (χ0n) is 21.6. The molecule has 2 aliphatic rings. The summed E-state index contributed by atoms with van der Waals surface area (Å²) in [6.07, 6.45) is -0.584. The van der Waals surface area contributed by atoms with E-state index in [1.54, 1.807) is 18.2 Å². The van der Waals surface area contributed by atoms with Gasteiger partial charge in [-0.05, 0) is 78.8 Å². The molecular formula is C30H29ClF3N5. The third kappa shape index (κ3) is 5.54. The molecule has 0 amide bonds. The van der Waals surface area contributed by atoms with Crippen molar-refractivity contribution in [1.82, 2.24) is 19.7 Å². The summed E-state index contributed by atoms with van der Waals surface area (Å²) >= 11 is 6.37. The second-order valence-electron chi connectivity index (χ2n) is 10.4. The standard InChI is InChI=1S/C30H29ClF3N5/c1-20-18-35-39(29(20)30(32,33)34)28-4-2-3-27(36-28)26-17-23(31)9-12-25(26)22-7-10-24(11-8-22)38-15-13-37(14-16-38)19-21-5-6-21/h2-4,7-12,17-18,21H,5-6,13-16,19H2,1H3. The van der Waals surface area contributed by atoms with Gasteiger partial charge in [0.1, 0.15) is 0 Å². The zero-order chi connectivity index (χ0) is 27.1. The number of alkyl halides is 3. The molecule has 3 heterocycles. The highest BCUT2D eigenvalue weighted by Crippen LogP contribution is 2.37. The predicted octanol–water partition coefficient (Wildman–Crippen LogP) is 7.11. The van der Waals surface area contributed by atoms with Crippen molar-refractivity contribution in [2.24, 2.45) is 5.92 Å². The molecule has 0 bridgehead atoms. The van der Waals surface area contributed by atoms with Crippen LogP contribution >= 0.6 is 11.6 Å². The van der Waals surface area contributed by atoms with Crippen molar-refractivity contribution in [3.05, 3.63) is 83.1 Å². The first-order chi connectivity index (χ1) is 18.8. The maximum absolute atomic E-state index is 13.7. The Hall–Kier alpha value is -3.36. The summed E-state index contributed by atoms with van der Waals surface area (Å²) in [6.45, 7) is 6.84. The molecule has 0 unspecified atom stereocenters. The van der Waals surface area contributed by atoms with E-state index in [2.05, 4.69) is 44.1 Å². The quantitative estimate of drug-likeness (QED) is 0.256. The van der Waals surface area contributed by atoms with Gasteiger partial charge < -0.3 is 4.90 Å². The Morgan fingerprint density at radius 1 is 0.923 bits per heavy atom. The number of benzene rings is 2. The molecular weight excluding hydrogens is 523 g/mol. The summed E-state index contributed by atoms with van der Waals surface area (Å²) in [7, 11) is 0. The maximum atomic E-state index is 13.7. The van der Waals surface area contributed by atoms with Crippen LogP contribution in [0.4, 0.5) is 18.9 Å². The number of anilines is 1. The fraction of sp³-hybridized carbons (Fsp3) is 0.333. The number of aryl methyl sites for hydroxylation is 1. The van der Waals surface area contributed by atoms with Gasteiger partial charge in [0.2, 0.25) is 0 Å². The van der Waals surface area contributed by atoms with Crippen molar-refractivity contribution in [1.29, 1.82) is 0 Å². The Bertz CT molecular complexity index is 1470. The molecule has 6 rings (SSSR count). The number of hydrogen-bond acceptors (Lipinski definition) is 4. The highest BCUT2D eigenvalue weighted by molar-refractivity contribution is 6.31. The van der Waals surface area contributed by atoms with Crippen molar-refractivity contribution >= 4 is 17.3 Å². The van der Waals surface area contributed by atoms with Crippen LogP contribution in [0.5, 0.6) is 0 Å². The van der Waals surface area contributed by atoms with Crippen LogP contribution in [0.25, 0.3) is 28.2 Å². The first kappa shape index (κ1) is 25.9. The Morgan fingerprint density at radius 3 is 2.36 bits per heavy atom. The monoisotopic (exact) mass is 551 g/mol. The van der Waals surface area contributed by atoms with E-state index in [1.807, 2.05) is 12.1 Å². The van der Waals surface area contributed by atoms with E-state index in [4.69, 9.17) is 11.6 Å². The number of piperazine rings is 1. The van der Waals surface area contributed by atoms with E-state index in [-0.39, 0.29) is 11.4 Å². The molecule has 1 aliphatic heterocycles. The normalized spacial score (nSPS) is 16.6. The lowest BCUT2D eigenvalue weighted by atomic mass is 9.97. The van der Waals surface area contributed by atoms with Crippen molar-refractivity contribution < 1.29 is 13.2 Å². The van der Waals surface area contributed by atoms with E-state index in [0.29, 0.717) is 10.7 Å². The highest BCUT2D eigenvalue weighted by atomic mass is 35.5. The largest absolute Gasteiger partial charge is 0.433 e. The van der Waals surface area contributed by atoms with Crippen molar-refractivity contribution in [2.45, 2.75) is 25.9 Å². The summed E-state index contributed by atoms with van der Waals surface area (Å²) < 4.78 is 42.0. The van der Waals surface area contributed by atoms with Crippen LogP contribution in [0.3, 0.4) is 0 Å². The number of pyridine rings is 1. The SMILES string of the molecule is Cc1cnn(-c2cccc(-c3cc(Cl)ccc3-c3ccc(N4CCN(CC5CC5)CC4)cc3)n2)c1C(F)(F)F. The van der Waals surface area contributed by atoms with Gasteiger partial charge in [-0.15, -0.1) is 0 Å². The molecule has 4 aromatic rings. The van der Waals surface area contributed by atoms with E-state index < -0.39 is 11.9 Å². The molecule has 0 atom stereocenters. The Kier molecular flexibility index (Phi) is 6.85. The van der Waals surface area contributed by atoms with Crippen LogP contribution in [-0.2, 0) is 6.18 Å². The lowest BCUT2D eigenvalue weighted by Gasteiger charge is -2.36. The molecule has 202 valence electrons. The van der Waals surface area contributed by atoms with E-state index in [1.165, 1.54) is 44.3 Å². The fourth-order valence-electron chi connectivity index (χ4n) is 5.32. The van der Waals surface area contributed by atoms with Gasteiger partial charge in [0.15, 0.2) is 11.5 Å². The number of halogens is 4. The fourth-order valence-corrected chi connectivity index (χ4v) is 5.50. The molecule has 39 heavy (non-hydrogen) atoms. The topological polar surface area (TPSA) is 37.2 Å². The molecule has 5 nitrogen and oxygen atoms in total. The van der Waals surface area contributed by atoms with Gasteiger partial charge in [0, 0.05) is 49.0 Å². The Morgan fingerprint density at radius 2 is 1.67 bits per heavy atom. The highest BCUT2D eigenvalue weighted by Gasteiger charge is 2.37. The van der Waals surface area contributed by atoms with Crippen LogP contribution < -0.4 is 4.90 Å². The minimum atomic E-state index is -4.55. The van der Waals surface area contributed by atoms with Gasteiger partial charge in [-0.2, -0.15) is 18.3 Å². The van der Waals surface area contributed by atoms with Crippen LogP contribution in [0.1, 0.15) is 24.1 Å². The second kappa shape index (κ2) is 10.3. The van der Waals surface area contributed by atoms with Crippen molar-refractivity contribution in [3.63, 3.8) is 0 Å². The van der Waals surface area contributed by atoms with Crippen LogP contribution in [0.2, 0.25) is 5.02 Å². The third-order valence-electron chi connectivity index (χ3n) is 7.56. The summed E-state index contributed by atoms with van der Waals surface area (Å²) in [5, 5.41) is 4.48. The maximum Gasteiger partial charge on any atom is 0.433 e. The van der Waals surface area contributed by atoms with Gasteiger partial charge in [-0.1, -0.05) is 35.9 Å². The Labute approximate surface area is 230 Å². The molecule has 1 saturated carbocycles. The summed E-state index contributed by atoms with van der Waals surface area (Å²) in [6, 6.07) is 19.0. The lowest BCUT2D eigenvalue weighted by Crippen LogP contribution is -2.47. The average molecular weight is 552 g/mol. The molecule has 1 aliphatic carbocycles. The van der Waals surface area contributed by atoms with E-state index in [9.17, 15) is 13.2 Å². The minimum absolute atomic E-state index is 0.0440. The second-order valence-corrected chi connectivity index (χ2v) is 10.9. The van der Waals surface area contributed by atoms with Gasteiger partial charge in [0.25, 0.3) is 0 Å². The van der Waals surface area contributed by atoms with Gasteiger partial charge in [-0.25, -0.2) is 9.67 Å². The summed E-state index contributed by atoms with van der Waals surface area (Å²) in [4.78, 5) is 9.58. The van der Waals surface area contributed by atoms with Gasteiger partial charge in [-0.3, -0.25) is 4.90 Å². The van der Waals surface area contributed by atoms with Crippen LogP contribution in [0.15, 0.2) is 66.9 Å². The summed E-state index contributed by atoms with van der Waals surface area (Å²) in [5.74, 6) is 1.00. The smallest absolute Gasteiger partial charge is 0.369 e. The molecule has 2 aromatic carbocycles. The van der Waals surface area contributed by atoms with Crippen molar-refractivity contribution in [2.75, 3.05) is 37.6 Å². The Balaban J connectivity index is 1.28. The number of rotatable bonds is 6. The van der Waals surface area contributed by atoms with Crippen LogP contribution in [0, 0.1) is 12.8 Å². The molecule has 0 N–H and O–H groups in total. The molecule has 0 spiro atoms. The lowest BCUT2D eigenvalue weighted by molar-refractivity contribution is -0.143. The van der Waals surface area contributed by atoms with E-state index in [0.717, 1.165) is 53.5 Å². The predicted molar refractivity (Wildman–Crippen MR) is 148 cm³/mol. The number of hydrogen-bond donors (Lipinski definition) is 0.